The molecule has 1 saturated carbocycles. The Morgan fingerprint density at radius 1 is 1.18 bits per heavy atom. The Hall–Kier alpha value is 0.260. The van der Waals surface area contributed by atoms with E-state index in [2.05, 4.69) is 58.4 Å². The second-order valence-electron chi connectivity index (χ2n) is 4.72. The monoisotopic (exact) mass is 361 g/mol. The lowest BCUT2D eigenvalue weighted by Crippen LogP contribution is -2.33. The predicted molar refractivity (Wildman–Crippen MR) is 85.6 cm³/mol. The van der Waals surface area contributed by atoms with E-state index in [1.54, 1.807) is 0 Å². The Morgan fingerprint density at radius 2 is 1.82 bits per heavy atom. The lowest BCUT2D eigenvalue weighted by atomic mass is 9.95. The first-order chi connectivity index (χ1) is 8.28. The second kappa shape index (κ2) is 7.00. The van der Waals surface area contributed by atoms with Crippen molar-refractivity contribution in [2.75, 3.05) is 6.26 Å². The molecule has 17 heavy (non-hydrogen) atoms. The molecule has 0 aromatic heterocycles. The van der Waals surface area contributed by atoms with Crippen LogP contribution in [0.2, 0.25) is 0 Å². The van der Waals surface area contributed by atoms with E-state index in [1.165, 1.54) is 34.8 Å². The molecule has 0 spiro atoms. The molecule has 1 aromatic carbocycles. The third-order valence-corrected chi connectivity index (χ3v) is 5.37. The van der Waals surface area contributed by atoms with Crippen molar-refractivity contribution in [1.82, 2.24) is 5.32 Å². The highest BCUT2D eigenvalue weighted by molar-refractivity contribution is 14.1. The van der Waals surface area contributed by atoms with Gasteiger partial charge in [0.2, 0.25) is 0 Å². The van der Waals surface area contributed by atoms with E-state index in [0.717, 1.165) is 17.8 Å². The van der Waals surface area contributed by atoms with E-state index in [4.69, 9.17) is 0 Å². The zero-order valence-electron chi connectivity index (χ0n) is 10.3. The van der Waals surface area contributed by atoms with E-state index >= 15 is 0 Å². The molecule has 94 valence electrons. The Kier molecular flexibility index (Phi) is 5.63. The fraction of sp³-hybridized carbons (Fsp3) is 0.571. The SMILES string of the molecule is CSC1CCC(NCc2ccc(I)cc2)CC1. The maximum Gasteiger partial charge on any atom is 0.0208 e. The molecule has 0 aliphatic heterocycles. The van der Waals surface area contributed by atoms with Gasteiger partial charge in [0.05, 0.1) is 0 Å². The third-order valence-electron chi connectivity index (χ3n) is 3.52. The van der Waals surface area contributed by atoms with Crippen LogP contribution in [-0.4, -0.2) is 17.5 Å². The number of rotatable bonds is 4. The number of thioether (sulfide) groups is 1. The predicted octanol–water partition coefficient (Wildman–Crippen LogP) is 4.06. The van der Waals surface area contributed by atoms with Gasteiger partial charge in [-0.15, -0.1) is 0 Å². The molecule has 1 aliphatic rings. The van der Waals surface area contributed by atoms with Gasteiger partial charge in [0.1, 0.15) is 0 Å². The number of hydrogen-bond acceptors (Lipinski definition) is 2. The van der Waals surface area contributed by atoms with Crippen LogP contribution in [-0.2, 0) is 6.54 Å². The molecule has 1 fully saturated rings. The van der Waals surface area contributed by atoms with Crippen molar-refractivity contribution in [3.63, 3.8) is 0 Å². The zero-order chi connectivity index (χ0) is 12.1. The summed E-state index contributed by atoms with van der Waals surface area (Å²) >= 11 is 4.39. The number of benzene rings is 1. The van der Waals surface area contributed by atoms with Gasteiger partial charge >= 0.3 is 0 Å². The molecule has 0 radical (unpaired) electrons. The van der Waals surface area contributed by atoms with Crippen molar-refractivity contribution in [2.24, 2.45) is 0 Å². The maximum absolute atomic E-state index is 3.69. The Bertz CT molecular complexity index is 331. The average molecular weight is 361 g/mol. The molecule has 1 N–H and O–H groups in total. The van der Waals surface area contributed by atoms with E-state index in [0.29, 0.717) is 0 Å². The second-order valence-corrected chi connectivity index (χ2v) is 7.10. The molecule has 1 aliphatic carbocycles. The van der Waals surface area contributed by atoms with Crippen molar-refractivity contribution in [3.8, 4) is 0 Å². The molecule has 2 rings (SSSR count). The summed E-state index contributed by atoms with van der Waals surface area (Å²) in [7, 11) is 0. The summed E-state index contributed by atoms with van der Waals surface area (Å²) in [5.41, 5.74) is 1.40. The summed E-state index contributed by atoms with van der Waals surface area (Å²) in [5, 5.41) is 4.60. The zero-order valence-corrected chi connectivity index (χ0v) is 13.3. The number of hydrogen-bond donors (Lipinski definition) is 1. The summed E-state index contributed by atoms with van der Waals surface area (Å²) in [6.45, 7) is 1.02. The van der Waals surface area contributed by atoms with Gasteiger partial charge in [-0.1, -0.05) is 12.1 Å². The van der Waals surface area contributed by atoms with Crippen molar-refractivity contribution in [3.05, 3.63) is 33.4 Å². The quantitative estimate of drug-likeness (QED) is 0.812. The number of halogens is 1. The number of nitrogens with one attached hydrogen (secondary N) is 1. The average Bonchev–Trinajstić information content (AvgIpc) is 2.39. The molecule has 0 heterocycles. The van der Waals surface area contributed by atoms with Crippen LogP contribution >= 0.6 is 34.4 Å². The van der Waals surface area contributed by atoms with Crippen molar-refractivity contribution >= 4 is 34.4 Å². The van der Waals surface area contributed by atoms with E-state index in [-0.39, 0.29) is 0 Å². The topological polar surface area (TPSA) is 12.0 Å². The highest BCUT2D eigenvalue weighted by atomic mass is 127. The first-order valence-electron chi connectivity index (χ1n) is 6.28. The molecule has 1 aromatic rings. The minimum atomic E-state index is 0.734. The van der Waals surface area contributed by atoms with Gasteiger partial charge in [0.25, 0.3) is 0 Å². The van der Waals surface area contributed by atoms with E-state index < -0.39 is 0 Å². The van der Waals surface area contributed by atoms with Crippen LogP contribution in [0.1, 0.15) is 31.2 Å². The molecule has 0 saturated heterocycles. The van der Waals surface area contributed by atoms with Gasteiger partial charge < -0.3 is 5.32 Å². The molecule has 3 heteroatoms. The standard InChI is InChI=1S/C14H20INS/c1-17-14-8-6-13(7-9-14)16-10-11-2-4-12(15)5-3-11/h2-5,13-14,16H,6-10H2,1H3. The summed E-state index contributed by atoms with van der Waals surface area (Å²) in [4.78, 5) is 0. The van der Waals surface area contributed by atoms with Gasteiger partial charge in [0, 0.05) is 21.4 Å². The minimum absolute atomic E-state index is 0.734. The molecule has 0 unspecified atom stereocenters. The normalized spacial score (nSPS) is 24.8. The highest BCUT2D eigenvalue weighted by Gasteiger charge is 2.19. The largest absolute Gasteiger partial charge is 0.310 e. The fourth-order valence-electron chi connectivity index (χ4n) is 2.37. The maximum atomic E-state index is 3.69. The van der Waals surface area contributed by atoms with Crippen molar-refractivity contribution < 1.29 is 0 Å². The van der Waals surface area contributed by atoms with Crippen LogP contribution in [0.25, 0.3) is 0 Å². The highest BCUT2D eigenvalue weighted by Crippen LogP contribution is 2.26. The lowest BCUT2D eigenvalue weighted by Gasteiger charge is -2.28. The fourth-order valence-corrected chi connectivity index (χ4v) is 3.47. The van der Waals surface area contributed by atoms with Gasteiger partial charge in [-0.05, 0) is 72.2 Å². The van der Waals surface area contributed by atoms with Crippen LogP contribution in [0.3, 0.4) is 0 Å². The van der Waals surface area contributed by atoms with Crippen LogP contribution in [0, 0.1) is 3.57 Å². The first-order valence-corrected chi connectivity index (χ1v) is 8.65. The molecule has 0 amide bonds. The summed E-state index contributed by atoms with van der Waals surface area (Å²) in [6.07, 6.45) is 7.69. The first kappa shape index (κ1) is 13.7. The molecular weight excluding hydrogens is 341 g/mol. The van der Waals surface area contributed by atoms with E-state index in [1.807, 2.05) is 11.8 Å². The summed E-state index contributed by atoms with van der Waals surface area (Å²) in [5.74, 6) is 0. The third kappa shape index (κ3) is 4.45. The van der Waals surface area contributed by atoms with Crippen LogP contribution in [0.4, 0.5) is 0 Å². The molecular formula is C14H20INS. The summed E-state index contributed by atoms with van der Waals surface area (Å²) < 4.78 is 1.31. The smallest absolute Gasteiger partial charge is 0.0208 e. The minimum Gasteiger partial charge on any atom is -0.310 e. The van der Waals surface area contributed by atoms with Crippen LogP contribution in [0.15, 0.2) is 24.3 Å². The van der Waals surface area contributed by atoms with Crippen LogP contribution in [0.5, 0.6) is 0 Å². The summed E-state index contributed by atoms with van der Waals surface area (Å²) in [6, 6.07) is 9.55. The van der Waals surface area contributed by atoms with Gasteiger partial charge in [-0.25, -0.2) is 0 Å². The van der Waals surface area contributed by atoms with Gasteiger partial charge in [-0.2, -0.15) is 11.8 Å². The van der Waals surface area contributed by atoms with Gasteiger partial charge in [-0.3, -0.25) is 0 Å². The molecule has 1 nitrogen and oxygen atoms in total. The van der Waals surface area contributed by atoms with Crippen molar-refractivity contribution in [1.29, 1.82) is 0 Å². The van der Waals surface area contributed by atoms with Crippen LogP contribution < -0.4 is 5.32 Å². The molecule has 0 bridgehead atoms. The Labute approximate surface area is 122 Å². The van der Waals surface area contributed by atoms with Crippen molar-refractivity contribution in [2.45, 2.75) is 43.5 Å². The lowest BCUT2D eigenvalue weighted by molar-refractivity contribution is 0.379. The van der Waals surface area contributed by atoms with E-state index in [9.17, 15) is 0 Å². The molecule has 0 atom stereocenters. The Balaban J connectivity index is 1.74. The Morgan fingerprint density at radius 3 is 2.41 bits per heavy atom. The van der Waals surface area contributed by atoms with Gasteiger partial charge in [0.15, 0.2) is 0 Å².